The summed E-state index contributed by atoms with van der Waals surface area (Å²) >= 11 is 6.26. The van der Waals surface area contributed by atoms with Gasteiger partial charge in [-0.15, -0.1) is 0 Å². The lowest BCUT2D eigenvalue weighted by Crippen LogP contribution is -2.49. The molecule has 4 rings (SSSR count). The summed E-state index contributed by atoms with van der Waals surface area (Å²) in [6.07, 6.45) is 5.63. The summed E-state index contributed by atoms with van der Waals surface area (Å²) in [5.41, 5.74) is 2.32. The smallest absolute Gasteiger partial charge is 0.258 e. The number of hydrogen-bond donors (Lipinski definition) is 1. The van der Waals surface area contributed by atoms with Crippen molar-refractivity contribution in [1.82, 2.24) is 10.2 Å². The van der Waals surface area contributed by atoms with Crippen molar-refractivity contribution in [3.8, 4) is 5.75 Å². The Hall–Kier alpha value is -3.57. The second-order valence-corrected chi connectivity index (χ2v) is 9.54. The van der Waals surface area contributed by atoms with Crippen molar-refractivity contribution in [3.05, 3.63) is 113 Å². The fourth-order valence-electron chi connectivity index (χ4n) is 4.38. The third-order valence-corrected chi connectivity index (χ3v) is 6.62. The van der Waals surface area contributed by atoms with Gasteiger partial charge in [0.05, 0.1) is 17.7 Å². The fraction of sp³-hybridized carbons (Fsp3) is 0.267. The van der Waals surface area contributed by atoms with Gasteiger partial charge in [0.15, 0.2) is 0 Å². The van der Waals surface area contributed by atoms with E-state index in [-0.39, 0.29) is 24.0 Å². The highest BCUT2D eigenvalue weighted by atomic mass is 35.5. The molecule has 3 aromatic carbocycles. The standard InChI is InChI=1S/C30H31ClN2O3/c1-21-11-6-8-17-26(23-14-10-15-24(31)20-23)32-29(34)27(19-22-12-4-3-5-13-22)33(2)30(35)25-16-7-9-18-28(25)36-21/h3-10,12-16,18,20-21,26-27H,11,17,19H2,1-2H3,(H,32,34)/b8-6-/t21-,26-,27-/m1/s1. The van der Waals surface area contributed by atoms with Crippen LogP contribution < -0.4 is 10.1 Å². The van der Waals surface area contributed by atoms with Gasteiger partial charge in [0, 0.05) is 24.9 Å². The SMILES string of the molecule is C[C@@H]1C/C=C\C[C@H](c2cccc(Cl)c2)NC(=O)[C@@H](Cc2ccccc2)N(C)C(=O)c2ccccc2O1. The van der Waals surface area contributed by atoms with E-state index in [1.165, 1.54) is 4.90 Å². The molecule has 6 heteroatoms. The first-order valence-electron chi connectivity index (χ1n) is 12.2. The minimum Gasteiger partial charge on any atom is -0.490 e. The van der Waals surface area contributed by atoms with E-state index in [1.807, 2.05) is 73.7 Å². The first kappa shape index (κ1) is 25.5. The quantitative estimate of drug-likeness (QED) is 0.447. The van der Waals surface area contributed by atoms with Crippen LogP contribution >= 0.6 is 11.6 Å². The topological polar surface area (TPSA) is 58.6 Å². The lowest BCUT2D eigenvalue weighted by molar-refractivity contribution is -0.126. The molecule has 1 heterocycles. The number of amides is 2. The van der Waals surface area contributed by atoms with Gasteiger partial charge in [-0.1, -0.05) is 78.4 Å². The van der Waals surface area contributed by atoms with Crippen molar-refractivity contribution in [2.24, 2.45) is 0 Å². The maximum Gasteiger partial charge on any atom is 0.258 e. The zero-order valence-electron chi connectivity index (χ0n) is 20.6. The van der Waals surface area contributed by atoms with Crippen LogP contribution in [0.25, 0.3) is 0 Å². The zero-order valence-corrected chi connectivity index (χ0v) is 21.3. The van der Waals surface area contributed by atoms with Gasteiger partial charge < -0.3 is 15.0 Å². The summed E-state index contributed by atoms with van der Waals surface area (Å²) in [5, 5.41) is 3.81. The van der Waals surface area contributed by atoms with E-state index in [0.717, 1.165) is 11.1 Å². The number of nitrogens with one attached hydrogen (secondary N) is 1. The molecule has 1 aliphatic rings. The van der Waals surface area contributed by atoms with Crippen LogP contribution in [0, 0.1) is 0 Å². The Kier molecular flexibility index (Phi) is 8.44. The number of para-hydroxylation sites is 1. The molecule has 0 saturated heterocycles. The van der Waals surface area contributed by atoms with Gasteiger partial charge in [-0.05, 0) is 48.7 Å². The van der Waals surface area contributed by atoms with Crippen LogP contribution in [0.15, 0.2) is 91.0 Å². The second kappa shape index (κ2) is 11.9. The number of carbonyl (C=O) groups is 2. The minimum atomic E-state index is -0.723. The highest BCUT2D eigenvalue weighted by Gasteiger charge is 2.31. The number of likely N-dealkylation sites (N-methyl/N-ethyl adjacent to an activating group) is 1. The molecule has 2 amide bonds. The number of ether oxygens (including phenoxy) is 1. The van der Waals surface area contributed by atoms with Crippen LogP contribution in [-0.4, -0.2) is 35.9 Å². The molecule has 1 aliphatic heterocycles. The Morgan fingerprint density at radius 1 is 0.944 bits per heavy atom. The third kappa shape index (κ3) is 6.35. The van der Waals surface area contributed by atoms with Crippen molar-refractivity contribution >= 4 is 23.4 Å². The Bertz CT molecular complexity index is 1230. The van der Waals surface area contributed by atoms with Crippen LogP contribution in [-0.2, 0) is 11.2 Å². The lowest BCUT2D eigenvalue weighted by atomic mass is 9.99. The van der Waals surface area contributed by atoms with E-state index >= 15 is 0 Å². The van der Waals surface area contributed by atoms with E-state index in [4.69, 9.17) is 16.3 Å². The molecule has 36 heavy (non-hydrogen) atoms. The molecule has 186 valence electrons. The number of halogens is 1. The number of carbonyl (C=O) groups excluding carboxylic acids is 2. The molecule has 0 fully saturated rings. The number of nitrogens with zero attached hydrogens (tertiary/aromatic N) is 1. The van der Waals surface area contributed by atoms with Crippen molar-refractivity contribution in [2.75, 3.05) is 7.05 Å². The van der Waals surface area contributed by atoms with Gasteiger partial charge in [-0.3, -0.25) is 9.59 Å². The molecule has 0 unspecified atom stereocenters. The summed E-state index contributed by atoms with van der Waals surface area (Å²) < 4.78 is 6.15. The molecule has 3 atom stereocenters. The lowest BCUT2D eigenvalue weighted by Gasteiger charge is -2.30. The van der Waals surface area contributed by atoms with Gasteiger partial charge in [0.1, 0.15) is 11.8 Å². The number of benzene rings is 3. The van der Waals surface area contributed by atoms with E-state index in [9.17, 15) is 9.59 Å². The van der Waals surface area contributed by atoms with Crippen molar-refractivity contribution in [3.63, 3.8) is 0 Å². The van der Waals surface area contributed by atoms with Gasteiger partial charge >= 0.3 is 0 Å². The molecular weight excluding hydrogens is 472 g/mol. The highest BCUT2D eigenvalue weighted by Crippen LogP contribution is 2.26. The van der Waals surface area contributed by atoms with Crippen molar-refractivity contribution in [1.29, 1.82) is 0 Å². The Morgan fingerprint density at radius 3 is 2.44 bits per heavy atom. The van der Waals surface area contributed by atoms with Gasteiger partial charge in [0.25, 0.3) is 5.91 Å². The van der Waals surface area contributed by atoms with E-state index < -0.39 is 6.04 Å². The summed E-state index contributed by atoms with van der Waals surface area (Å²) in [7, 11) is 1.68. The average molecular weight is 503 g/mol. The predicted octanol–water partition coefficient (Wildman–Crippen LogP) is 6.00. The maximum absolute atomic E-state index is 13.8. The molecule has 3 aromatic rings. The highest BCUT2D eigenvalue weighted by molar-refractivity contribution is 6.30. The van der Waals surface area contributed by atoms with Crippen LogP contribution in [0.4, 0.5) is 0 Å². The Labute approximate surface area is 217 Å². The molecule has 1 N–H and O–H groups in total. The average Bonchev–Trinajstić information content (AvgIpc) is 2.88. The molecule has 0 radical (unpaired) electrons. The van der Waals surface area contributed by atoms with Crippen LogP contribution in [0.5, 0.6) is 5.75 Å². The van der Waals surface area contributed by atoms with Crippen LogP contribution in [0.1, 0.15) is 47.3 Å². The predicted molar refractivity (Wildman–Crippen MR) is 143 cm³/mol. The second-order valence-electron chi connectivity index (χ2n) is 9.11. The van der Waals surface area contributed by atoms with Crippen LogP contribution in [0.3, 0.4) is 0 Å². The Morgan fingerprint density at radius 2 is 1.67 bits per heavy atom. The van der Waals surface area contributed by atoms with Crippen molar-refractivity contribution in [2.45, 2.75) is 44.4 Å². The third-order valence-electron chi connectivity index (χ3n) is 6.38. The molecule has 0 bridgehead atoms. The largest absolute Gasteiger partial charge is 0.490 e. The number of rotatable bonds is 3. The summed E-state index contributed by atoms with van der Waals surface area (Å²) in [6.45, 7) is 1.98. The summed E-state index contributed by atoms with van der Waals surface area (Å²) in [5.74, 6) is 0.0284. The Balaban J connectivity index is 1.73. The first-order chi connectivity index (χ1) is 17.4. The molecule has 0 saturated carbocycles. The monoisotopic (exact) mass is 502 g/mol. The number of hydrogen-bond acceptors (Lipinski definition) is 3. The molecule has 0 aromatic heterocycles. The van der Waals surface area contributed by atoms with Gasteiger partial charge in [-0.2, -0.15) is 0 Å². The summed E-state index contributed by atoms with van der Waals surface area (Å²) in [4.78, 5) is 29.0. The fourth-order valence-corrected chi connectivity index (χ4v) is 4.57. The molecule has 0 aliphatic carbocycles. The zero-order chi connectivity index (χ0) is 25.5. The van der Waals surface area contributed by atoms with E-state index in [0.29, 0.717) is 35.6 Å². The number of fused-ring (bicyclic) bond motifs is 1. The molecule has 0 spiro atoms. The van der Waals surface area contributed by atoms with E-state index in [1.54, 1.807) is 19.2 Å². The first-order valence-corrected chi connectivity index (χ1v) is 12.6. The normalized spacial score (nSPS) is 22.1. The minimum absolute atomic E-state index is 0.122. The van der Waals surface area contributed by atoms with Gasteiger partial charge in [0.2, 0.25) is 5.91 Å². The summed E-state index contributed by atoms with van der Waals surface area (Å²) in [6, 6.07) is 23.4. The maximum atomic E-state index is 13.8. The molecule has 5 nitrogen and oxygen atoms in total. The van der Waals surface area contributed by atoms with Crippen LogP contribution in [0.2, 0.25) is 5.02 Å². The van der Waals surface area contributed by atoms with Crippen molar-refractivity contribution < 1.29 is 14.3 Å². The van der Waals surface area contributed by atoms with Gasteiger partial charge in [-0.25, -0.2) is 0 Å². The molecular formula is C30H31ClN2O3. The van der Waals surface area contributed by atoms with E-state index in [2.05, 4.69) is 17.5 Å².